The molecule has 1 aromatic heterocycles. The topological polar surface area (TPSA) is 241 Å². The maximum absolute atomic E-state index is 13.5. The van der Waals surface area contributed by atoms with Crippen LogP contribution in [0.25, 0.3) is 10.9 Å². The van der Waals surface area contributed by atoms with Crippen molar-refractivity contribution < 1.29 is 125 Å². The molecule has 1 aliphatic carbocycles. The number of aromatic nitrogens is 1. The average molecular weight is 2140 g/mol. The molecule has 1 saturated carbocycles. The third-order valence-corrected chi connectivity index (χ3v) is 40.0. The van der Waals surface area contributed by atoms with Gasteiger partial charge >= 0.3 is 65.7 Å². The van der Waals surface area contributed by atoms with Crippen LogP contribution in [0.5, 0.6) is 0 Å². The number of rotatable bonds is 34. The number of nitrogens with zero attached hydrogens (tertiary/aromatic N) is 2. The number of alkyl halides is 9. The Balaban J connectivity index is 0.000000240. The number of nitrogen functional groups attached to an aromatic ring is 1. The highest BCUT2D eigenvalue weighted by atomic mass is 127. The predicted molar refractivity (Wildman–Crippen MR) is 496 cm³/mol. The van der Waals surface area contributed by atoms with Crippen LogP contribution in [0.3, 0.4) is 0 Å². The monoisotopic (exact) mass is 2130 g/mol. The molecule has 1 amide bonds. The summed E-state index contributed by atoms with van der Waals surface area (Å²) in [6.45, 7) is 33.0. The normalized spacial score (nSPS) is 15.1. The highest BCUT2D eigenvalue weighted by molar-refractivity contribution is 8.05. The second-order valence-electron chi connectivity index (χ2n) is 35.1. The summed E-state index contributed by atoms with van der Waals surface area (Å²) in [5.41, 5.74) is 15.2. The van der Waals surface area contributed by atoms with Gasteiger partial charge in [-0.25, -0.2) is 42.6 Å². The molecule has 0 radical (unpaired) electrons. The highest BCUT2D eigenvalue weighted by Gasteiger charge is 2.85. The maximum Gasteiger partial charge on any atom is 0.460 e. The van der Waals surface area contributed by atoms with E-state index in [-0.39, 0.29) is 90.3 Å². The smallest absolute Gasteiger partial charge is 0.399 e. The van der Waals surface area contributed by atoms with Crippen molar-refractivity contribution in [2.75, 3.05) is 46.7 Å². The minimum absolute atomic E-state index is 0.0156. The average Bonchev–Trinajstić information content (AvgIpc) is 0.855. The van der Waals surface area contributed by atoms with Crippen molar-refractivity contribution in [3.8, 4) is 0 Å². The van der Waals surface area contributed by atoms with Crippen LogP contribution in [0.1, 0.15) is 248 Å². The fourth-order valence-electron chi connectivity index (χ4n) is 13.9. The van der Waals surface area contributed by atoms with Gasteiger partial charge in [0, 0.05) is 55.1 Å². The number of unbranched alkanes of at least 4 members (excludes halogenated alkanes) is 5. The van der Waals surface area contributed by atoms with E-state index in [1.165, 1.54) is 154 Å². The van der Waals surface area contributed by atoms with E-state index in [0.29, 0.717) is 35.2 Å². The number of hydrogen-bond acceptors (Lipinski definition) is 12. The van der Waals surface area contributed by atoms with Gasteiger partial charge in [-0.1, -0.05) is 215 Å². The molecule has 0 bridgehead atoms. The second-order valence-corrected chi connectivity index (χ2v) is 52.1. The summed E-state index contributed by atoms with van der Waals surface area (Å²) in [5.74, 6) is -13.7. The zero-order valence-corrected chi connectivity index (χ0v) is 85.6. The number of nitrogens with two attached hydrogens (primary N) is 1. The number of sulfonamides is 4. The molecule has 3 aliphatic rings. The summed E-state index contributed by atoms with van der Waals surface area (Å²) in [4.78, 5) is 14.6. The number of aryl methyl sites for hydroxylation is 1. The lowest BCUT2D eigenvalue weighted by Crippen LogP contribution is -3.61. The number of halogens is 11. The number of benzene rings is 7. The van der Waals surface area contributed by atoms with Gasteiger partial charge in [0.2, 0.25) is 15.9 Å². The highest BCUT2D eigenvalue weighted by Crippen LogP contribution is 2.55. The zero-order chi connectivity index (χ0) is 95.6. The minimum Gasteiger partial charge on any atom is -0.399 e. The fraction of sp³-hybridized carbons (Fsp3) is 0.526. The summed E-state index contributed by atoms with van der Waals surface area (Å²) in [6.07, 6.45) is 14.7. The molecule has 5 N–H and O–H groups in total. The molecule has 33 heteroatoms. The Morgan fingerprint density at radius 3 is 1.30 bits per heavy atom. The summed E-state index contributed by atoms with van der Waals surface area (Å²) in [7, 11) is -18.7. The third-order valence-electron chi connectivity index (χ3n) is 23.9. The Bertz CT molecular complexity index is 5060. The van der Waals surface area contributed by atoms with Crippen molar-refractivity contribution in [3.63, 3.8) is 0 Å². The number of carbonyl (C=O) groups excluding carboxylic acids is 1. The molecular formula is C95H132F9I2N6O10S6+3. The molecule has 0 spiro atoms. The molecule has 3 fully saturated rings. The summed E-state index contributed by atoms with van der Waals surface area (Å²) < 4.78 is 233. The molecule has 1 unspecified atom stereocenters. The van der Waals surface area contributed by atoms with Crippen molar-refractivity contribution >= 4 is 90.2 Å². The van der Waals surface area contributed by atoms with E-state index >= 15 is 0 Å². The first-order valence-corrected chi connectivity index (χ1v) is 57.0. The fourth-order valence-corrected chi connectivity index (χ4v) is 27.6. The predicted octanol–water partition coefficient (Wildman–Crippen LogP) is 16.6. The lowest BCUT2D eigenvalue weighted by molar-refractivity contribution is -0.597. The van der Waals surface area contributed by atoms with E-state index in [9.17, 15) is 82.2 Å². The molecule has 128 heavy (non-hydrogen) atoms. The van der Waals surface area contributed by atoms with Crippen LogP contribution in [0.4, 0.5) is 50.9 Å². The maximum atomic E-state index is 13.5. The number of anilines is 2. The van der Waals surface area contributed by atoms with Gasteiger partial charge in [-0.2, -0.15) is 39.5 Å². The van der Waals surface area contributed by atoms with Crippen molar-refractivity contribution in [1.82, 2.24) is 17.5 Å². The van der Waals surface area contributed by atoms with Gasteiger partial charge in [0.25, 0.3) is 30.1 Å². The third kappa shape index (κ3) is 32.5. The first-order valence-electron chi connectivity index (χ1n) is 43.7. The van der Waals surface area contributed by atoms with E-state index in [1.54, 1.807) is 17.0 Å². The lowest BCUT2D eigenvalue weighted by Gasteiger charge is -2.32. The number of amides is 1. The zero-order valence-electron chi connectivity index (χ0n) is 76.4. The molecule has 16 nitrogen and oxygen atoms in total. The largest absolute Gasteiger partial charge is 0.460 e. The minimum atomic E-state index is -7.48. The van der Waals surface area contributed by atoms with Crippen LogP contribution >= 0.6 is 0 Å². The van der Waals surface area contributed by atoms with E-state index in [0.717, 1.165) is 64.2 Å². The molecule has 712 valence electrons. The van der Waals surface area contributed by atoms with Gasteiger partial charge in [-0.15, -0.1) is 8.25 Å². The van der Waals surface area contributed by atoms with Gasteiger partial charge in [-0.3, -0.25) is 4.79 Å². The van der Waals surface area contributed by atoms with Crippen LogP contribution in [0.2, 0.25) is 0 Å². The number of nitrogens with one attached hydrogen (secondary N) is 3. The van der Waals surface area contributed by atoms with Crippen molar-refractivity contribution in [1.29, 1.82) is 0 Å². The Labute approximate surface area is 782 Å². The first kappa shape index (κ1) is 111. The van der Waals surface area contributed by atoms with Gasteiger partial charge in [0.15, 0.2) is 19.2 Å². The van der Waals surface area contributed by atoms with Gasteiger partial charge in [0.05, 0.1) is 32.6 Å². The lowest BCUT2D eigenvalue weighted by atomic mass is 9.82. The van der Waals surface area contributed by atoms with Gasteiger partial charge in [0.1, 0.15) is 22.5 Å². The van der Waals surface area contributed by atoms with E-state index < -0.39 is 86.0 Å². The van der Waals surface area contributed by atoms with Gasteiger partial charge < -0.3 is 15.2 Å². The van der Waals surface area contributed by atoms with Crippen LogP contribution in [0, 0.1) is 20.2 Å². The quantitative estimate of drug-likeness (QED) is 0.00968. The molecule has 11 rings (SSSR count). The molecule has 2 aliphatic heterocycles. The van der Waals surface area contributed by atoms with Crippen molar-refractivity contribution in [2.24, 2.45) is 13.0 Å². The molecule has 3 heterocycles. The van der Waals surface area contributed by atoms with E-state index in [2.05, 4.69) is 238 Å². The summed E-state index contributed by atoms with van der Waals surface area (Å²) in [5, 5.41) is -5.61. The Morgan fingerprint density at radius 1 is 0.500 bits per heavy atom. The van der Waals surface area contributed by atoms with Crippen LogP contribution in [-0.4, -0.2) is 108 Å². The van der Waals surface area contributed by atoms with Crippen molar-refractivity contribution in [2.45, 2.75) is 285 Å². The number of fused-ring (bicyclic) bond motifs is 1. The first-order chi connectivity index (χ1) is 59.6. The number of para-hydroxylation sites is 1. The number of hydrogen-bond donors (Lipinski definition) is 4. The molecular weight excluding hydrogens is 2000 g/mol. The van der Waals surface area contributed by atoms with Crippen LogP contribution in [0.15, 0.2) is 191 Å². The summed E-state index contributed by atoms with van der Waals surface area (Å²) >= 11 is -0.159. The number of carbonyl (C=O) groups is 1. The Kier molecular flexibility index (Phi) is 42.4. The second kappa shape index (κ2) is 48.9. The molecule has 1 atom stereocenters. The van der Waals surface area contributed by atoms with E-state index in [1.807, 2.05) is 16.9 Å². The Hall–Kier alpha value is -5.80. The summed E-state index contributed by atoms with van der Waals surface area (Å²) in [6, 6.07) is 58.5. The van der Waals surface area contributed by atoms with E-state index in [4.69, 9.17) is 5.73 Å². The standard InChI is InChI=1S/2C22H30I.C18H30N2O3S2.C13H16NS.C12H16F9NO4S2.C8H10N2O3S/c2*1-7-21(3,4)17-9-13-19(14-10-17)23-20-15-11-18(12-16-20)22(5,6)8-2;1-2-3-4-5-6-9-16-24(21)19-25(22,23)18-12-10-17(11-13-18)20-14-7-8-15-20;1-14-10-13(15-8-4-5-9-15)11-6-2-3-7-12(11)14;13-9(14,11(17,18)19)10(15,16)12(20,21)28(25,26)22-27(23,24)7-6-8-4-2-1-3-5-8;1-6(11)10-14(12,13)8-4-2-7(9)3-5-8/h2*9-16H,7-8H2,1-6H3;10-13,19H,2-9,14-16H2,1H3;2-3,6-7,10H,4-5,8-9H2,1H3;8,22H,1-7H2;2-5H,9H2,1H3,(H,10,11)/q2*+1;;+1;;. The van der Waals surface area contributed by atoms with Gasteiger partial charge in [-0.05, 0) is 223 Å². The SMILES string of the molecule is CC(=O)NS(=O)(=O)c1ccc(N)cc1.CCC(C)(C)c1ccc([I+]c2ccc(C(C)(C)CC)cc2)cc1.CCC(C)(C)c1ccc([I+]c2ccc(C(C)(C)CC)cc2)cc1.CCCCCCCCS(=O)NS(=O)(=O)c1ccc(N2CCCC2)cc1.Cn1cc([S+]2CCCC2)c2ccccc21.O=S(=O)(CCC1CCCCC1)NS(=O)(=O)C(F)(F)C(F)(F)C(F)(F)C(F)(F)F. The molecule has 7 aromatic carbocycles. The molecule has 8 aromatic rings. The van der Waals surface area contributed by atoms with Crippen molar-refractivity contribution in [3.05, 3.63) is 213 Å². The van der Waals surface area contributed by atoms with Crippen LogP contribution < -0.4 is 66.0 Å². The van der Waals surface area contributed by atoms with Crippen LogP contribution in [-0.2, 0) is 95.5 Å². The Morgan fingerprint density at radius 2 is 0.898 bits per heavy atom. The molecule has 2 saturated heterocycles.